The fraction of sp³-hybridized carbons (Fsp3) is 1.00. The minimum Gasteiger partial charge on any atom is -0.298 e. The normalized spacial score (nSPS) is 40.4. The van der Waals surface area contributed by atoms with E-state index in [0.717, 1.165) is 0 Å². The summed E-state index contributed by atoms with van der Waals surface area (Å²) in [5, 5.41) is 0. The van der Waals surface area contributed by atoms with Gasteiger partial charge in [0.1, 0.15) is 6.17 Å². The van der Waals surface area contributed by atoms with Gasteiger partial charge in [0.05, 0.1) is 0 Å². The topological polar surface area (TPSA) is 3.24 Å². The maximum absolute atomic E-state index is 13.0. The lowest BCUT2D eigenvalue weighted by molar-refractivity contribution is 0.136. The van der Waals surface area contributed by atoms with Crippen LogP contribution in [0.4, 0.5) is 4.39 Å². The molecule has 66 valence electrons. The minimum absolute atomic E-state index is 0.0828. The van der Waals surface area contributed by atoms with Crippen LogP contribution in [0.15, 0.2) is 0 Å². The van der Waals surface area contributed by atoms with E-state index in [1.165, 1.54) is 0 Å². The average Bonchev–Trinajstić information content (AvgIpc) is 2.08. The Kier molecular flexibility index (Phi) is 2.24. The molecule has 0 spiro atoms. The fourth-order valence-corrected chi connectivity index (χ4v) is 1.85. The second-order valence-corrected chi connectivity index (χ2v) is 4.19. The first-order chi connectivity index (χ1) is 4.97. The molecular weight excluding hydrogens is 141 g/mol. The van der Waals surface area contributed by atoms with E-state index in [1.807, 2.05) is 7.05 Å². The molecule has 1 fully saturated rings. The van der Waals surface area contributed by atoms with E-state index in [9.17, 15) is 4.39 Å². The predicted octanol–water partition coefficient (Wildman–Crippen LogP) is 2.07. The zero-order valence-electron chi connectivity index (χ0n) is 7.89. The molecule has 0 amide bonds. The van der Waals surface area contributed by atoms with Crippen molar-refractivity contribution in [2.24, 2.45) is 5.92 Å². The van der Waals surface area contributed by atoms with Gasteiger partial charge < -0.3 is 0 Å². The third-order valence-electron chi connectivity index (χ3n) is 3.22. The Labute approximate surface area is 68.6 Å². The van der Waals surface area contributed by atoms with Crippen LogP contribution in [0.1, 0.15) is 27.2 Å². The van der Waals surface area contributed by atoms with Crippen LogP contribution in [0.2, 0.25) is 0 Å². The summed E-state index contributed by atoms with van der Waals surface area (Å²) in [6.07, 6.45) is 0.0775. The van der Waals surface area contributed by atoms with Crippen molar-refractivity contribution in [3.05, 3.63) is 0 Å². The summed E-state index contributed by atoms with van der Waals surface area (Å²) in [6.45, 7) is 7.08. The largest absolute Gasteiger partial charge is 0.298 e. The molecule has 1 nitrogen and oxygen atoms in total. The van der Waals surface area contributed by atoms with Crippen LogP contribution in [0.25, 0.3) is 0 Å². The lowest BCUT2D eigenvalue weighted by Gasteiger charge is -2.35. The number of hydrogen-bond donors (Lipinski definition) is 0. The van der Waals surface area contributed by atoms with Crippen molar-refractivity contribution in [1.82, 2.24) is 4.90 Å². The SMILES string of the molecule is CC(C)C1(C)CC(F)CN1C. The molecule has 1 aliphatic rings. The molecule has 0 aromatic rings. The van der Waals surface area contributed by atoms with E-state index < -0.39 is 6.17 Å². The Bertz CT molecular complexity index is 146. The molecule has 2 unspecified atom stereocenters. The van der Waals surface area contributed by atoms with E-state index in [4.69, 9.17) is 0 Å². The van der Waals surface area contributed by atoms with Crippen molar-refractivity contribution in [2.75, 3.05) is 13.6 Å². The Hall–Kier alpha value is -0.110. The highest BCUT2D eigenvalue weighted by Gasteiger charge is 2.41. The molecule has 0 aromatic heterocycles. The first-order valence-electron chi connectivity index (χ1n) is 4.32. The predicted molar refractivity (Wildman–Crippen MR) is 45.4 cm³/mol. The highest BCUT2D eigenvalue weighted by molar-refractivity contribution is 4.96. The Morgan fingerprint density at radius 3 is 2.27 bits per heavy atom. The quantitative estimate of drug-likeness (QED) is 0.566. The maximum atomic E-state index is 13.0. The molecule has 2 atom stereocenters. The first kappa shape index (κ1) is 8.98. The van der Waals surface area contributed by atoms with Gasteiger partial charge in [-0.25, -0.2) is 4.39 Å². The summed E-state index contributed by atoms with van der Waals surface area (Å²) >= 11 is 0. The number of halogens is 1. The lowest BCUT2D eigenvalue weighted by Crippen LogP contribution is -2.42. The number of likely N-dealkylation sites (tertiary alicyclic amines) is 1. The van der Waals surface area contributed by atoms with Crippen LogP contribution >= 0.6 is 0 Å². The second-order valence-electron chi connectivity index (χ2n) is 4.19. The van der Waals surface area contributed by atoms with Crippen LogP contribution in [-0.4, -0.2) is 30.2 Å². The highest BCUT2D eigenvalue weighted by atomic mass is 19.1. The van der Waals surface area contributed by atoms with Gasteiger partial charge in [-0.2, -0.15) is 0 Å². The van der Waals surface area contributed by atoms with Gasteiger partial charge in [0, 0.05) is 12.1 Å². The zero-order chi connectivity index (χ0) is 8.65. The minimum atomic E-state index is -0.618. The smallest absolute Gasteiger partial charge is 0.115 e. The molecule has 1 rings (SSSR count). The monoisotopic (exact) mass is 159 g/mol. The van der Waals surface area contributed by atoms with Crippen LogP contribution in [0.5, 0.6) is 0 Å². The van der Waals surface area contributed by atoms with Gasteiger partial charge in [-0.15, -0.1) is 0 Å². The first-order valence-corrected chi connectivity index (χ1v) is 4.32. The Morgan fingerprint density at radius 2 is 2.09 bits per heavy atom. The molecule has 0 saturated carbocycles. The zero-order valence-corrected chi connectivity index (χ0v) is 7.89. The molecule has 0 aliphatic carbocycles. The van der Waals surface area contributed by atoms with Crippen molar-refractivity contribution in [1.29, 1.82) is 0 Å². The second kappa shape index (κ2) is 2.74. The van der Waals surface area contributed by atoms with Crippen molar-refractivity contribution in [2.45, 2.75) is 38.9 Å². The third kappa shape index (κ3) is 1.41. The van der Waals surface area contributed by atoms with Gasteiger partial charge in [-0.05, 0) is 26.3 Å². The maximum Gasteiger partial charge on any atom is 0.115 e. The molecule has 1 saturated heterocycles. The summed E-state index contributed by atoms with van der Waals surface area (Å²) < 4.78 is 13.0. The number of alkyl halides is 1. The molecule has 0 bridgehead atoms. The molecule has 11 heavy (non-hydrogen) atoms. The summed E-state index contributed by atoms with van der Waals surface area (Å²) in [5.74, 6) is 0.535. The van der Waals surface area contributed by atoms with Gasteiger partial charge in [0.15, 0.2) is 0 Å². The third-order valence-corrected chi connectivity index (χ3v) is 3.22. The number of hydrogen-bond acceptors (Lipinski definition) is 1. The van der Waals surface area contributed by atoms with Crippen LogP contribution in [0.3, 0.4) is 0 Å². The van der Waals surface area contributed by atoms with E-state index in [1.54, 1.807) is 0 Å². The van der Waals surface area contributed by atoms with Crippen molar-refractivity contribution in [3.8, 4) is 0 Å². The number of nitrogens with zero attached hydrogens (tertiary/aromatic N) is 1. The summed E-state index contributed by atoms with van der Waals surface area (Å²) in [7, 11) is 2.01. The van der Waals surface area contributed by atoms with Crippen LogP contribution in [-0.2, 0) is 0 Å². The molecular formula is C9H18FN. The molecule has 0 N–H and O–H groups in total. The van der Waals surface area contributed by atoms with Crippen LogP contribution in [0, 0.1) is 5.92 Å². The van der Waals surface area contributed by atoms with Gasteiger partial charge in [-0.3, -0.25) is 4.90 Å². The van der Waals surface area contributed by atoms with Crippen molar-refractivity contribution >= 4 is 0 Å². The Balaban J connectivity index is 2.71. The fourth-order valence-electron chi connectivity index (χ4n) is 1.85. The molecule has 1 heterocycles. The standard InChI is InChI=1S/C9H18FN/c1-7(2)9(3)5-8(10)6-11(9)4/h7-8H,5-6H2,1-4H3. The Morgan fingerprint density at radius 1 is 1.55 bits per heavy atom. The summed E-state index contributed by atoms with van der Waals surface area (Å²) in [4.78, 5) is 2.14. The van der Waals surface area contributed by atoms with Gasteiger partial charge in [0.25, 0.3) is 0 Å². The van der Waals surface area contributed by atoms with E-state index in [2.05, 4.69) is 25.7 Å². The van der Waals surface area contributed by atoms with Crippen molar-refractivity contribution in [3.63, 3.8) is 0 Å². The van der Waals surface area contributed by atoms with Gasteiger partial charge >= 0.3 is 0 Å². The average molecular weight is 159 g/mol. The summed E-state index contributed by atoms with van der Waals surface area (Å²) in [6, 6.07) is 0. The lowest BCUT2D eigenvalue weighted by atomic mass is 9.86. The van der Waals surface area contributed by atoms with Gasteiger partial charge in [0.2, 0.25) is 0 Å². The van der Waals surface area contributed by atoms with E-state index in [0.29, 0.717) is 18.9 Å². The van der Waals surface area contributed by atoms with Crippen LogP contribution < -0.4 is 0 Å². The molecule has 2 heteroatoms. The highest BCUT2D eigenvalue weighted by Crippen LogP contribution is 2.35. The van der Waals surface area contributed by atoms with E-state index >= 15 is 0 Å². The number of rotatable bonds is 1. The molecule has 0 radical (unpaired) electrons. The molecule has 0 aromatic carbocycles. The van der Waals surface area contributed by atoms with E-state index in [-0.39, 0.29) is 5.54 Å². The van der Waals surface area contributed by atoms with Crippen molar-refractivity contribution < 1.29 is 4.39 Å². The molecule has 1 aliphatic heterocycles. The summed E-state index contributed by atoms with van der Waals surface area (Å²) in [5.41, 5.74) is 0.0828. The van der Waals surface area contributed by atoms with Gasteiger partial charge in [-0.1, -0.05) is 13.8 Å².